The SMILES string of the molecule is CCc1nc2n(n1)[C@@H](CC(=O)Nc1ccccc1C)C(=O)N2. The molecule has 0 aliphatic carbocycles. The first-order valence-electron chi connectivity index (χ1n) is 7.20. The number of para-hydroxylation sites is 1. The van der Waals surface area contributed by atoms with E-state index < -0.39 is 6.04 Å². The van der Waals surface area contributed by atoms with Gasteiger partial charge in [-0.1, -0.05) is 25.1 Å². The van der Waals surface area contributed by atoms with Crippen molar-refractivity contribution in [3.05, 3.63) is 35.7 Å². The molecule has 0 radical (unpaired) electrons. The number of hydrogen-bond acceptors (Lipinski definition) is 4. The topological polar surface area (TPSA) is 88.9 Å². The Bertz CT molecular complexity index is 737. The maximum absolute atomic E-state index is 12.2. The molecular formula is C15H17N5O2. The number of anilines is 2. The number of benzene rings is 1. The summed E-state index contributed by atoms with van der Waals surface area (Å²) < 4.78 is 1.50. The Hall–Kier alpha value is -2.70. The molecule has 7 nitrogen and oxygen atoms in total. The van der Waals surface area contributed by atoms with E-state index in [-0.39, 0.29) is 18.2 Å². The van der Waals surface area contributed by atoms with Crippen LogP contribution in [0.1, 0.15) is 30.8 Å². The minimum atomic E-state index is -0.646. The van der Waals surface area contributed by atoms with Gasteiger partial charge in [0, 0.05) is 12.1 Å². The summed E-state index contributed by atoms with van der Waals surface area (Å²) in [6.07, 6.45) is 0.706. The zero-order valence-electron chi connectivity index (χ0n) is 12.5. The number of carbonyl (C=O) groups excluding carboxylic acids is 2. The zero-order chi connectivity index (χ0) is 15.7. The average molecular weight is 299 g/mol. The first-order valence-corrected chi connectivity index (χ1v) is 7.20. The predicted molar refractivity (Wildman–Crippen MR) is 81.5 cm³/mol. The number of nitrogens with one attached hydrogen (secondary N) is 2. The number of aromatic nitrogens is 3. The number of amides is 2. The van der Waals surface area contributed by atoms with Crippen molar-refractivity contribution in [3.63, 3.8) is 0 Å². The second-order valence-electron chi connectivity index (χ2n) is 5.22. The fraction of sp³-hybridized carbons (Fsp3) is 0.333. The smallest absolute Gasteiger partial charge is 0.252 e. The van der Waals surface area contributed by atoms with Crippen molar-refractivity contribution in [3.8, 4) is 0 Å². The summed E-state index contributed by atoms with van der Waals surface area (Å²) in [5.74, 6) is 0.586. The largest absolute Gasteiger partial charge is 0.326 e. The summed E-state index contributed by atoms with van der Waals surface area (Å²) in [5.41, 5.74) is 1.72. The van der Waals surface area contributed by atoms with Gasteiger partial charge in [-0.15, -0.1) is 0 Å². The molecule has 1 atom stereocenters. The predicted octanol–water partition coefficient (Wildman–Crippen LogP) is 1.67. The van der Waals surface area contributed by atoms with Crippen LogP contribution in [0, 0.1) is 6.92 Å². The number of carbonyl (C=O) groups is 2. The molecule has 1 aromatic heterocycles. The van der Waals surface area contributed by atoms with E-state index in [1.165, 1.54) is 4.68 Å². The molecule has 2 amide bonds. The molecular weight excluding hydrogens is 282 g/mol. The molecule has 2 N–H and O–H groups in total. The van der Waals surface area contributed by atoms with Crippen LogP contribution >= 0.6 is 0 Å². The second kappa shape index (κ2) is 5.59. The van der Waals surface area contributed by atoms with Crippen LogP contribution in [0.25, 0.3) is 0 Å². The van der Waals surface area contributed by atoms with E-state index in [1.807, 2.05) is 38.1 Å². The summed E-state index contributed by atoms with van der Waals surface area (Å²) in [6, 6.07) is 6.86. The van der Waals surface area contributed by atoms with E-state index in [1.54, 1.807) is 0 Å². The van der Waals surface area contributed by atoms with Crippen LogP contribution in [0.4, 0.5) is 11.6 Å². The van der Waals surface area contributed by atoms with E-state index in [0.717, 1.165) is 11.3 Å². The first-order chi connectivity index (χ1) is 10.6. The van der Waals surface area contributed by atoms with Crippen LogP contribution in [0.3, 0.4) is 0 Å². The Morgan fingerprint density at radius 1 is 1.41 bits per heavy atom. The molecule has 114 valence electrons. The number of fused-ring (bicyclic) bond motifs is 1. The third-order valence-electron chi connectivity index (χ3n) is 3.62. The summed E-state index contributed by atoms with van der Waals surface area (Å²) >= 11 is 0. The van der Waals surface area contributed by atoms with Gasteiger partial charge in [0.2, 0.25) is 11.9 Å². The molecule has 3 rings (SSSR count). The van der Waals surface area contributed by atoms with E-state index in [4.69, 9.17) is 0 Å². The van der Waals surface area contributed by atoms with Gasteiger partial charge in [-0.3, -0.25) is 14.9 Å². The van der Waals surface area contributed by atoms with Crippen molar-refractivity contribution in [2.24, 2.45) is 0 Å². The Balaban J connectivity index is 1.73. The first kappa shape index (κ1) is 14.2. The third kappa shape index (κ3) is 2.57. The van der Waals surface area contributed by atoms with Gasteiger partial charge in [-0.2, -0.15) is 10.1 Å². The normalized spacial score (nSPS) is 16.3. The Labute approximate surface area is 127 Å². The molecule has 0 fully saturated rings. The minimum absolute atomic E-state index is 0.0275. The lowest BCUT2D eigenvalue weighted by Gasteiger charge is -2.11. The summed E-state index contributed by atoms with van der Waals surface area (Å²) in [6.45, 7) is 3.85. The van der Waals surface area contributed by atoms with Crippen molar-refractivity contribution in [1.29, 1.82) is 0 Å². The molecule has 1 aliphatic rings. The van der Waals surface area contributed by atoms with Gasteiger partial charge in [0.15, 0.2) is 5.82 Å². The number of rotatable bonds is 4. The van der Waals surface area contributed by atoms with Crippen LogP contribution in [-0.4, -0.2) is 26.6 Å². The lowest BCUT2D eigenvalue weighted by atomic mass is 10.1. The van der Waals surface area contributed by atoms with Crippen molar-refractivity contribution in [1.82, 2.24) is 14.8 Å². The monoisotopic (exact) mass is 299 g/mol. The molecule has 22 heavy (non-hydrogen) atoms. The molecule has 2 aromatic rings. The Morgan fingerprint density at radius 2 is 2.18 bits per heavy atom. The average Bonchev–Trinajstić information content (AvgIpc) is 3.00. The molecule has 1 aromatic carbocycles. The molecule has 0 bridgehead atoms. The number of nitrogens with zero attached hydrogens (tertiary/aromatic N) is 3. The van der Waals surface area contributed by atoms with Crippen molar-refractivity contribution in [2.45, 2.75) is 32.7 Å². The zero-order valence-corrected chi connectivity index (χ0v) is 12.5. The highest BCUT2D eigenvalue weighted by Gasteiger charge is 2.34. The van der Waals surface area contributed by atoms with Crippen LogP contribution in [0.5, 0.6) is 0 Å². The molecule has 1 aliphatic heterocycles. The van der Waals surface area contributed by atoms with Crippen molar-refractivity contribution >= 4 is 23.5 Å². The van der Waals surface area contributed by atoms with E-state index in [0.29, 0.717) is 18.2 Å². The van der Waals surface area contributed by atoms with E-state index in [2.05, 4.69) is 20.7 Å². The number of aryl methyl sites for hydroxylation is 2. The molecule has 7 heteroatoms. The van der Waals surface area contributed by atoms with Crippen molar-refractivity contribution in [2.75, 3.05) is 10.6 Å². The maximum atomic E-state index is 12.2. The maximum Gasteiger partial charge on any atom is 0.252 e. The van der Waals surface area contributed by atoms with Crippen LogP contribution < -0.4 is 10.6 Å². The van der Waals surface area contributed by atoms with Gasteiger partial charge < -0.3 is 5.32 Å². The Morgan fingerprint density at radius 3 is 2.91 bits per heavy atom. The fourth-order valence-electron chi connectivity index (χ4n) is 2.39. The number of hydrogen-bond donors (Lipinski definition) is 2. The quantitative estimate of drug-likeness (QED) is 0.898. The highest BCUT2D eigenvalue weighted by atomic mass is 16.2. The molecule has 0 unspecified atom stereocenters. The van der Waals surface area contributed by atoms with Gasteiger partial charge >= 0.3 is 0 Å². The molecule has 0 saturated heterocycles. The van der Waals surface area contributed by atoms with Gasteiger partial charge in [0.1, 0.15) is 6.04 Å². The summed E-state index contributed by atoms with van der Waals surface area (Å²) in [5, 5.41) is 9.74. The highest BCUT2D eigenvalue weighted by Crippen LogP contribution is 2.25. The van der Waals surface area contributed by atoms with Crippen molar-refractivity contribution < 1.29 is 9.59 Å². The molecule has 2 heterocycles. The second-order valence-corrected chi connectivity index (χ2v) is 5.22. The fourth-order valence-corrected chi connectivity index (χ4v) is 2.39. The molecule has 0 saturated carbocycles. The van der Waals surface area contributed by atoms with E-state index >= 15 is 0 Å². The van der Waals surface area contributed by atoms with Gasteiger partial charge in [-0.05, 0) is 18.6 Å². The minimum Gasteiger partial charge on any atom is -0.326 e. The lowest BCUT2D eigenvalue weighted by Crippen LogP contribution is -2.24. The summed E-state index contributed by atoms with van der Waals surface area (Å²) in [4.78, 5) is 28.4. The van der Waals surface area contributed by atoms with E-state index in [9.17, 15) is 9.59 Å². The van der Waals surface area contributed by atoms with Gasteiger partial charge in [-0.25, -0.2) is 4.68 Å². The lowest BCUT2D eigenvalue weighted by molar-refractivity contribution is -0.123. The third-order valence-corrected chi connectivity index (χ3v) is 3.62. The van der Waals surface area contributed by atoms with Gasteiger partial charge in [0.25, 0.3) is 5.91 Å². The van der Waals surface area contributed by atoms with Crippen LogP contribution in [0.2, 0.25) is 0 Å². The highest BCUT2D eigenvalue weighted by molar-refractivity contribution is 6.01. The Kier molecular flexibility index (Phi) is 3.62. The summed E-state index contributed by atoms with van der Waals surface area (Å²) in [7, 11) is 0. The van der Waals surface area contributed by atoms with Crippen LogP contribution in [0.15, 0.2) is 24.3 Å². The van der Waals surface area contributed by atoms with Crippen LogP contribution in [-0.2, 0) is 16.0 Å². The van der Waals surface area contributed by atoms with Gasteiger partial charge in [0.05, 0.1) is 6.42 Å². The molecule has 0 spiro atoms. The standard InChI is InChI=1S/C15H17N5O2/c1-3-12-17-15-18-14(22)11(20(15)19-12)8-13(21)16-10-7-5-4-6-9(10)2/h4-7,11H,3,8H2,1-2H3,(H,16,21)(H,17,18,19,22)/t11-/m0/s1.